The minimum atomic E-state index is -0.862. The molecule has 4 atom stereocenters. The Hall–Kier alpha value is -3.37. The van der Waals surface area contributed by atoms with Crippen molar-refractivity contribution in [2.24, 2.45) is 5.92 Å². The Labute approximate surface area is 278 Å². The van der Waals surface area contributed by atoms with Crippen molar-refractivity contribution in [2.45, 2.75) is 103 Å². The van der Waals surface area contributed by atoms with Gasteiger partial charge < -0.3 is 29.7 Å². The van der Waals surface area contributed by atoms with Crippen molar-refractivity contribution in [3.05, 3.63) is 21.9 Å². The van der Waals surface area contributed by atoms with E-state index in [-0.39, 0.29) is 70.1 Å². The lowest BCUT2D eigenvalue weighted by Crippen LogP contribution is -2.58. The average Bonchev–Trinajstić information content (AvgIpc) is 3.66. The van der Waals surface area contributed by atoms with E-state index >= 15 is 4.39 Å². The van der Waals surface area contributed by atoms with Gasteiger partial charge in [-0.3, -0.25) is 4.90 Å². The summed E-state index contributed by atoms with van der Waals surface area (Å²) in [5.41, 5.74) is 6.10. The van der Waals surface area contributed by atoms with Crippen LogP contribution in [0.1, 0.15) is 72.8 Å². The zero-order chi connectivity index (χ0) is 33.7. The van der Waals surface area contributed by atoms with Crippen LogP contribution >= 0.6 is 15.9 Å². The number of halogens is 2. The van der Waals surface area contributed by atoms with Crippen molar-refractivity contribution < 1.29 is 28.2 Å². The molecule has 4 aliphatic rings. The number of nitrogens with two attached hydrogens (primary N) is 1. The van der Waals surface area contributed by atoms with E-state index in [1.54, 1.807) is 52.5 Å². The number of likely N-dealkylation sites (tertiary alicyclic amines) is 1. The predicted octanol–water partition coefficient (Wildman–Crippen LogP) is 6.40. The fraction of sp³-hybridized carbons (Fsp3) is 0.636. The number of amides is 2. The number of carbonyl (C=O) groups is 2. The largest absolute Gasteiger partial charge is 0.474 e. The number of anilines is 2. The second kappa shape index (κ2) is 12.7. The van der Waals surface area contributed by atoms with E-state index in [1.807, 2.05) is 7.05 Å². The molecule has 0 spiro atoms. The molecule has 2 amide bonds. The van der Waals surface area contributed by atoms with E-state index in [4.69, 9.17) is 19.9 Å². The van der Waals surface area contributed by atoms with E-state index in [2.05, 4.69) is 31.9 Å². The highest BCUT2D eigenvalue weighted by Crippen LogP contribution is 2.50. The number of benzene rings is 1. The van der Waals surface area contributed by atoms with E-state index < -0.39 is 35.2 Å². The Morgan fingerprint density at radius 3 is 2.52 bits per heavy atom. The van der Waals surface area contributed by atoms with Gasteiger partial charge in [-0.05, 0) is 108 Å². The van der Waals surface area contributed by atoms with Crippen LogP contribution in [0.4, 0.5) is 25.4 Å². The highest BCUT2D eigenvalue weighted by molar-refractivity contribution is 9.10. The van der Waals surface area contributed by atoms with Gasteiger partial charge in [0.2, 0.25) is 5.88 Å². The third kappa shape index (κ3) is 6.69. The van der Waals surface area contributed by atoms with Gasteiger partial charge in [-0.15, -0.1) is 0 Å². The van der Waals surface area contributed by atoms with E-state index in [9.17, 15) is 14.9 Å². The van der Waals surface area contributed by atoms with Crippen LogP contribution in [0, 0.1) is 23.1 Å². The van der Waals surface area contributed by atoms with Gasteiger partial charge in [0, 0.05) is 30.3 Å². The van der Waals surface area contributed by atoms with Gasteiger partial charge in [-0.2, -0.15) is 5.26 Å². The maximum absolute atomic E-state index is 16.2. The van der Waals surface area contributed by atoms with Gasteiger partial charge in [0.15, 0.2) is 5.82 Å². The number of nitrogens with zero attached hydrogens (tertiary/aromatic N) is 5. The number of nitriles is 1. The first-order valence-corrected chi connectivity index (χ1v) is 16.6. The molecule has 3 saturated heterocycles. The van der Waals surface area contributed by atoms with Crippen molar-refractivity contribution in [1.29, 1.82) is 5.26 Å². The van der Waals surface area contributed by atoms with Crippen molar-refractivity contribution in [2.75, 3.05) is 37.4 Å². The molecular weight excluding hydrogens is 659 g/mol. The van der Waals surface area contributed by atoms with Crippen molar-refractivity contribution in [3.63, 3.8) is 0 Å². The first-order chi connectivity index (χ1) is 21.5. The summed E-state index contributed by atoms with van der Waals surface area (Å²) in [5, 5.41) is 9.56. The number of carbonyl (C=O) groups excluding carboxylic acids is 2. The fourth-order valence-corrected chi connectivity index (χ4v) is 7.15. The summed E-state index contributed by atoms with van der Waals surface area (Å²) in [6.45, 7) is 12.3. The molecule has 1 aromatic heterocycles. The second-order valence-corrected chi connectivity index (χ2v) is 15.3. The van der Waals surface area contributed by atoms with E-state index in [1.165, 1.54) is 4.90 Å². The Balaban J connectivity index is 1.67. The van der Waals surface area contributed by atoms with Crippen LogP contribution in [0.3, 0.4) is 0 Å². The van der Waals surface area contributed by atoms with Gasteiger partial charge in [-0.1, -0.05) is 0 Å². The third-order valence-corrected chi connectivity index (χ3v) is 9.67. The molecule has 1 aromatic carbocycles. The SMILES string of the molecule is CN1CCC[C@H]1COc1nc2c(F)c(Br)c(CCC#N)cc2c(N(C(=O)OC(C)(C)C)C2C3CC2N(C(=O)OC(C)(C)C)C3)c1N. The Morgan fingerprint density at radius 1 is 1.22 bits per heavy atom. The van der Waals surface area contributed by atoms with Crippen LogP contribution in [0.15, 0.2) is 10.5 Å². The highest BCUT2D eigenvalue weighted by atomic mass is 79.9. The van der Waals surface area contributed by atoms with Crippen LogP contribution in [0.25, 0.3) is 10.9 Å². The number of aryl methyl sites for hydroxylation is 1. The minimum Gasteiger partial charge on any atom is -0.474 e. The molecule has 1 aliphatic carbocycles. The number of likely N-dealkylation sites (N-methyl/N-ethyl adjacent to an activating group) is 1. The zero-order valence-corrected chi connectivity index (χ0v) is 29.2. The van der Waals surface area contributed by atoms with Gasteiger partial charge in [0.05, 0.1) is 28.3 Å². The van der Waals surface area contributed by atoms with Crippen molar-refractivity contribution in [3.8, 4) is 11.9 Å². The summed E-state index contributed by atoms with van der Waals surface area (Å²) in [4.78, 5) is 37.4. The summed E-state index contributed by atoms with van der Waals surface area (Å²) < 4.78 is 34.2. The third-order valence-electron chi connectivity index (χ3n) is 8.81. The molecule has 4 fully saturated rings. The fourth-order valence-electron chi connectivity index (χ4n) is 6.65. The molecule has 2 aromatic rings. The number of pyridine rings is 1. The quantitative estimate of drug-likeness (QED) is 0.348. The Kier molecular flexibility index (Phi) is 9.36. The Morgan fingerprint density at radius 2 is 1.91 bits per heavy atom. The van der Waals surface area contributed by atoms with Gasteiger partial charge >= 0.3 is 12.2 Å². The summed E-state index contributed by atoms with van der Waals surface area (Å²) >= 11 is 3.37. The first kappa shape index (κ1) is 34.0. The topological polar surface area (TPSA) is 134 Å². The first-order valence-electron chi connectivity index (χ1n) is 15.8. The molecule has 250 valence electrons. The standard InChI is InChI=1S/C33H44BrFN6O5/c1-32(2,3)45-30(42)40-16-19-15-22(40)27(19)41(31(43)46-33(4,5)6)28-21-14-18(10-8-12-36)23(34)24(35)26(21)38-29(25(28)37)44-17-20-11-9-13-39(20)7/h14,19-20,22,27H,8-11,13,15-17,37H2,1-7H3/t19?,20-,22?,27?/m0/s1. The molecule has 1 saturated carbocycles. The van der Waals surface area contributed by atoms with Crippen LogP contribution in [0.5, 0.6) is 5.88 Å². The maximum atomic E-state index is 16.2. The van der Waals surface area contributed by atoms with Gasteiger partial charge in [-0.25, -0.2) is 19.0 Å². The van der Waals surface area contributed by atoms with E-state index in [0.29, 0.717) is 18.5 Å². The molecule has 3 aliphatic heterocycles. The molecule has 0 radical (unpaired) electrons. The van der Waals surface area contributed by atoms with Crippen molar-refractivity contribution in [1.82, 2.24) is 14.8 Å². The number of hydrogen-bond acceptors (Lipinski definition) is 9. The molecule has 3 unspecified atom stereocenters. The number of nitrogen functional groups attached to an aromatic ring is 1. The Bertz CT molecular complexity index is 1570. The molecule has 2 bridgehead atoms. The summed E-state index contributed by atoms with van der Waals surface area (Å²) in [5.74, 6) is -0.726. The molecular formula is C33H44BrFN6O5. The van der Waals surface area contributed by atoms with E-state index in [0.717, 1.165) is 19.4 Å². The van der Waals surface area contributed by atoms with Gasteiger partial charge in [0.25, 0.3) is 0 Å². The molecule has 6 rings (SSSR count). The minimum absolute atomic E-state index is 0.0163. The lowest BCUT2D eigenvalue weighted by Gasteiger charge is -2.44. The molecule has 11 nitrogen and oxygen atoms in total. The number of ether oxygens (including phenoxy) is 3. The number of rotatable bonds is 7. The zero-order valence-electron chi connectivity index (χ0n) is 27.7. The average molecular weight is 704 g/mol. The summed E-state index contributed by atoms with van der Waals surface area (Å²) in [7, 11) is 2.02. The molecule has 4 heterocycles. The normalized spacial score (nSPS) is 22.8. The smallest absolute Gasteiger partial charge is 0.415 e. The van der Waals surface area contributed by atoms with Crippen LogP contribution in [-0.4, -0.2) is 83.0 Å². The number of fused-ring (bicyclic) bond motifs is 2. The van der Waals surface area contributed by atoms with Crippen LogP contribution in [-0.2, 0) is 15.9 Å². The predicted molar refractivity (Wildman–Crippen MR) is 176 cm³/mol. The summed E-state index contributed by atoms with van der Waals surface area (Å²) in [6.07, 6.45) is 1.92. The van der Waals surface area contributed by atoms with Crippen LogP contribution < -0.4 is 15.4 Å². The van der Waals surface area contributed by atoms with Crippen LogP contribution in [0.2, 0.25) is 0 Å². The summed E-state index contributed by atoms with van der Waals surface area (Å²) in [6, 6.07) is 3.08. The molecule has 46 heavy (non-hydrogen) atoms. The lowest BCUT2D eigenvalue weighted by atomic mass is 9.78. The molecule has 2 N–H and O–H groups in total. The highest BCUT2D eigenvalue weighted by Gasteiger charge is 2.59. The van der Waals surface area contributed by atoms with Gasteiger partial charge in [0.1, 0.15) is 29.0 Å². The monoisotopic (exact) mass is 702 g/mol. The molecule has 13 heteroatoms. The number of hydrogen-bond donors (Lipinski definition) is 1. The lowest BCUT2D eigenvalue weighted by molar-refractivity contribution is 0.0217. The second-order valence-electron chi connectivity index (χ2n) is 14.5. The maximum Gasteiger partial charge on any atom is 0.415 e. The van der Waals surface area contributed by atoms with Crippen molar-refractivity contribution >= 4 is 50.4 Å². The number of aromatic nitrogens is 1.